The molecule has 4 rings (SSSR count). The first-order valence-electron chi connectivity index (χ1n) is 12.1. The highest BCUT2D eigenvalue weighted by Gasteiger charge is 2.38. The molecule has 9 nitrogen and oxygen atoms in total. The Kier molecular flexibility index (Phi) is 8.93. The monoisotopic (exact) mass is 581 g/mol. The van der Waals surface area contributed by atoms with Gasteiger partial charge >= 0.3 is 12.1 Å². The minimum Gasteiger partial charge on any atom is -0.493 e. The van der Waals surface area contributed by atoms with Crippen LogP contribution in [-0.2, 0) is 9.59 Å². The van der Waals surface area contributed by atoms with Gasteiger partial charge in [0.05, 0.1) is 23.3 Å². The Bertz CT molecular complexity index is 1450. The number of carbonyl (C=O) groups excluding carboxylic acids is 2. The minimum atomic E-state index is -4.97. The van der Waals surface area contributed by atoms with Crippen molar-refractivity contribution < 1.29 is 36.6 Å². The molecule has 1 aliphatic rings. The van der Waals surface area contributed by atoms with E-state index in [9.17, 15) is 27.2 Å². The average Bonchev–Trinajstić information content (AvgIpc) is 2.93. The molecule has 0 radical (unpaired) electrons. The van der Waals surface area contributed by atoms with Gasteiger partial charge in [-0.05, 0) is 31.0 Å². The van der Waals surface area contributed by atoms with Gasteiger partial charge in [0.15, 0.2) is 17.3 Å². The summed E-state index contributed by atoms with van der Waals surface area (Å²) in [6, 6.07) is 7.91. The van der Waals surface area contributed by atoms with Gasteiger partial charge in [0, 0.05) is 36.5 Å². The van der Waals surface area contributed by atoms with Crippen LogP contribution in [-0.4, -0.2) is 54.3 Å². The molecule has 1 aliphatic carbocycles. The number of amides is 2. The van der Waals surface area contributed by atoms with Crippen molar-refractivity contribution in [1.82, 2.24) is 20.6 Å². The van der Waals surface area contributed by atoms with Gasteiger partial charge < -0.3 is 25.4 Å². The number of methoxy groups -OCH3 is 1. The van der Waals surface area contributed by atoms with Crippen LogP contribution >= 0.6 is 11.6 Å². The molecule has 1 heterocycles. The predicted octanol–water partition coefficient (Wildman–Crippen LogP) is 4.83. The summed E-state index contributed by atoms with van der Waals surface area (Å²) in [6.45, 7) is -0.501. The maximum Gasteiger partial charge on any atom is 0.471 e. The molecule has 3 N–H and O–H groups in total. The molecular formula is C26H24ClF4N5O4. The predicted molar refractivity (Wildman–Crippen MR) is 139 cm³/mol. The zero-order valence-corrected chi connectivity index (χ0v) is 21.8. The second-order valence-electron chi connectivity index (χ2n) is 8.72. The molecule has 212 valence electrons. The van der Waals surface area contributed by atoms with Crippen LogP contribution in [0.25, 0.3) is 10.9 Å². The van der Waals surface area contributed by atoms with Gasteiger partial charge in [-0.2, -0.15) is 13.2 Å². The number of fused-ring (bicyclic) bond motifs is 1. The first kappa shape index (κ1) is 28.9. The SMILES string of the molecule is COc1cc2ncnc(Nc3cccc(Cl)c3F)c2cc1OC1CC=C(C(=O)NCCNC(=O)C(F)(F)F)CC1. The third kappa shape index (κ3) is 6.89. The number of alkyl halides is 3. The zero-order chi connectivity index (χ0) is 28.9. The van der Waals surface area contributed by atoms with E-state index in [1.54, 1.807) is 29.6 Å². The number of hydrogen-bond donors (Lipinski definition) is 3. The van der Waals surface area contributed by atoms with Gasteiger partial charge in [0.25, 0.3) is 0 Å². The lowest BCUT2D eigenvalue weighted by atomic mass is 9.96. The fraction of sp³-hybridized carbons (Fsp3) is 0.308. The molecule has 2 amide bonds. The summed E-state index contributed by atoms with van der Waals surface area (Å²) in [7, 11) is 1.48. The number of anilines is 2. The molecule has 2 aromatic carbocycles. The number of nitrogens with zero attached hydrogens (tertiary/aromatic N) is 2. The van der Waals surface area contributed by atoms with Crippen molar-refractivity contribution in [2.75, 3.05) is 25.5 Å². The summed E-state index contributed by atoms with van der Waals surface area (Å²) in [5, 5.41) is 7.62. The molecule has 0 aliphatic heterocycles. The molecule has 1 atom stereocenters. The third-order valence-corrected chi connectivity index (χ3v) is 6.32. The van der Waals surface area contributed by atoms with Crippen LogP contribution in [0.5, 0.6) is 11.5 Å². The highest BCUT2D eigenvalue weighted by atomic mass is 35.5. The fourth-order valence-corrected chi connectivity index (χ4v) is 4.19. The Morgan fingerprint density at radius 3 is 2.60 bits per heavy atom. The molecule has 0 spiro atoms. The molecule has 0 saturated carbocycles. The van der Waals surface area contributed by atoms with Gasteiger partial charge in [0.2, 0.25) is 5.91 Å². The molecule has 1 unspecified atom stereocenters. The average molecular weight is 582 g/mol. The van der Waals surface area contributed by atoms with Crippen LogP contribution < -0.4 is 25.4 Å². The van der Waals surface area contributed by atoms with Crippen LogP contribution in [0, 0.1) is 5.82 Å². The van der Waals surface area contributed by atoms with Crippen LogP contribution in [0.3, 0.4) is 0 Å². The Morgan fingerprint density at radius 2 is 1.90 bits per heavy atom. The molecular weight excluding hydrogens is 558 g/mol. The summed E-state index contributed by atoms with van der Waals surface area (Å²) >= 11 is 5.89. The van der Waals surface area contributed by atoms with Crippen molar-refractivity contribution in [3.8, 4) is 11.5 Å². The molecule has 1 aromatic heterocycles. The largest absolute Gasteiger partial charge is 0.493 e. The van der Waals surface area contributed by atoms with Gasteiger partial charge in [0.1, 0.15) is 18.2 Å². The molecule has 3 aromatic rings. The van der Waals surface area contributed by atoms with Crippen LogP contribution in [0.1, 0.15) is 19.3 Å². The van der Waals surface area contributed by atoms with E-state index >= 15 is 0 Å². The number of nitrogens with one attached hydrogen (secondary N) is 3. The number of ether oxygens (including phenoxy) is 2. The number of hydrogen-bond acceptors (Lipinski definition) is 7. The Labute approximate surface area is 230 Å². The van der Waals surface area contributed by atoms with E-state index in [0.29, 0.717) is 53.1 Å². The van der Waals surface area contributed by atoms with Gasteiger partial charge in [-0.1, -0.05) is 23.7 Å². The van der Waals surface area contributed by atoms with Gasteiger partial charge in [-0.15, -0.1) is 0 Å². The molecule has 0 bridgehead atoms. The first-order valence-corrected chi connectivity index (χ1v) is 12.5. The summed E-state index contributed by atoms with van der Waals surface area (Å²) < 4.78 is 62.8. The van der Waals surface area contributed by atoms with Gasteiger partial charge in [-0.25, -0.2) is 14.4 Å². The fourth-order valence-electron chi connectivity index (χ4n) is 4.01. The lowest BCUT2D eigenvalue weighted by Crippen LogP contribution is -2.41. The van der Waals surface area contributed by atoms with Crippen LogP contribution in [0.15, 0.2) is 48.3 Å². The topological polar surface area (TPSA) is 114 Å². The summed E-state index contributed by atoms with van der Waals surface area (Å²) in [5.74, 6) is -1.98. The number of halogens is 5. The number of benzene rings is 2. The van der Waals surface area contributed by atoms with Crippen molar-refractivity contribution in [2.45, 2.75) is 31.5 Å². The van der Waals surface area contributed by atoms with Crippen molar-refractivity contribution in [3.63, 3.8) is 0 Å². The second kappa shape index (κ2) is 12.4. The normalized spacial score (nSPS) is 15.2. The van der Waals surface area contributed by atoms with E-state index in [-0.39, 0.29) is 29.9 Å². The minimum absolute atomic E-state index is 0.0410. The van der Waals surface area contributed by atoms with Crippen molar-refractivity contribution in [3.05, 3.63) is 59.1 Å². The quantitative estimate of drug-likeness (QED) is 0.245. The third-order valence-electron chi connectivity index (χ3n) is 6.03. The molecule has 40 heavy (non-hydrogen) atoms. The molecule has 0 saturated heterocycles. The van der Waals surface area contributed by atoms with Crippen molar-refractivity contribution in [2.24, 2.45) is 0 Å². The molecule has 0 fully saturated rings. The standard InChI is InChI=1S/C26H24ClF4N5O4/c1-39-20-12-19-16(23(35-13-34-19)36-18-4-2-3-17(27)22(18)28)11-21(20)40-15-7-5-14(6-8-15)24(37)32-9-10-33-25(38)26(29,30)31/h2-5,11-13,15H,6-10H2,1H3,(H,32,37)(H,33,38)(H,34,35,36). The zero-order valence-electron chi connectivity index (χ0n) is 21.1. The maximum absolute atomic E-state index is 14.5. The van der Waals surface area contributed by atoms with E-state index in [0.717, 1.165) is 0 Å². The van der Waals surface area contributed by atoms with E-state index in [4.69, 9.17) is 21.1 Å². The number of aromatic nitrogens is 2. The summed E-state index contributed by atoms with van der Waals surface area (Å²) in [5.41, 5.74) is 1.13. The van der Waals surface area contributed by atoms with E-state index < -0.39 is 23.8 Å². The number of rotatable bonds is 9. The van der Waals surface area contributed by atoms with E-state index in [1.165, 1.54) is 25.6 Å². The van der Waals surface area contributed by atoms with Crippen molar-refractivity contribution in [1.29, 1.82) is 0 Å². The number of carbonyl (C=O) groups is 2. The molecule has 14 heteroatoms. The second-order valence-corrected chi connectivity index (χ2v) is 9.13. The smallest absolute Gasteiger partial charge is 0.471 e. The summed E-state index contributed by atoms with van der Waals surface area (Å²) in [6.07, 6.45) is -1.02. The Morgan fingerprint density at radius 1 is 1.12 bits per heavy atom. The summed E-state index contributed by atoms with van der Waals surface area (Å²) in [4.78, 5) is 31.7. The Balaban J connectivity index is 1.42. The van der Waals surface area contributed by atoms with Gasteiger partial charge in [-0.3, -0.25) is 9.59 Å². The highest BCUT2D eigenvalue weighted by Crippen LogP contribution is 2.37. The first-order chi connectivity index (χ1) is 19.1. The highest BCUT2D eigenvalue weighted by molar-refractivity contribution is 6.31. The lowest BCUT2D eigenvalue weighted by molar-refractivity contribution is -0.173. The van der Waals surface area contributed by atoms with Crippen molar-refractivity contribution >= 4 is 45.8 Å². The van der Waals surface area contributed by atoms with Crippen LogP contribution in [0.2, 0.25) is 5.02 Å². The lowest BCUT2D eigenvalue weighted by Gasteiger charge is -2.24. The van der Waals surface area contributed by atoms with Crippen LogP contribution in [0.4, 0.5) is 29.1 Å². The van der Waals surface area contributed by atoms with E-state index in [2.05, 4.69) is 20.6 Å². The Hall–Kier alpha value is -4.13. The maximum atomic E-state index is 14.5. The van der Waals surface area contributed by atoms with E-state index in [1.807, 2.05) is 0 Å².